The van der Waals surface area contributed by atoms with E-state index in [4.69, 9.17) is 13.9 Å². The van der Waals surface area contributed by atoms with Gasteiger partial charge in [0, 0.05) is 38.8 Å². The molecule has 6 heteroatoms. The van der Waals surface area contributed by atoms with Crippen LogP contribution in [0.25, 0.3) is 0 Å². The third-order valence-corrected chi connectivity index (χ3v) is 5.06. The minimum Gasteiger partial charge on any atom is -0.453 e. The van der Waals surface area contributed by atoms with Crippen molar-refractivity contribution in [3.63, 3.8) is 0 Å². The highest BCUT2D eigenvalue weighted by molar-refractivity contribution is 5.91. The maximum atomic E-state index is 12.6. The van der Waals surface area contributed by atoms with Gasteiger partial charge in [-0.3, -0.25) is 9.69 Å². The zero-order valence-electron chi connectivity index (χ0n) is 14.0. The van der Waals surface area contributed by atoms with Crippen molar-refractivity contribution in [1.29, 1.82) is 0 Å². The van der Waals surface area contributed by atoms with Gasteiger partial charge >= 0.3 is 0 Å². The number of carbonyl (C=O) groups excluding carboxylic acids is 1. The molecule has 2 fully saturated rings. The van der Waals surface area contributed by atoms with Crippen LogP contribution in [0.1, 0.15) is 36.1 Å². The number of rotatable bonds is 4. The lowest BCUT2D eigenvalue weighted by Crippen LogP contribution is -2.57. The lowest BCUT2D eigenvalue weighted by atomic mass is 9.87. The minimum atomic E-state index is -0.0172. The van der Waals surface area contributed by atoms with E-state index in [-0.39, 0.29) is 11.4 Å². The molecule has 3 heterocycles. The van der Waals surface area contributed by atoms with Gasteiger partial charge in [-0.25, -0.2) is 0 Å². The summed E-state index contributed by atoms with van der Waals surface area (Å²) in [5, 5.41) is 0. The molecule has 0 radical (unpaired) electrons. The van der Waals surface area contributed by atoms with Crippen LogP contribution >= 0.6 is 0 Å². The number of methoxy groups -OCH3 is 1. The molecule has 0 aliphatic carbocycles. The van der Waals surface area contributed by atoms with E-state index in [2.05, 4.69) is 11.8 Å². The number of furan rings is 1. The fourth-order valence-electron chi connectivity index (χ4n) is 3.48. The van der Waals surface area contributed by atoms with Crippen LogP contribution in [0.4, 0.5) is 0 Å². The third-order valence-electron chi connectivity index (χ3n) is 5.06. The van der Waals surface area contributed by atoms with Gasteiger partial charge in [0.15, 0.2) is 5.76 Å². The first-order valence-corrected chi connectivity index (χ1v) is 8.32. The molecule has 0 aromatic carbocycles. The summed E-state index contributed by atoms with van der Waals surface area (Å²) >= 11 is 0. The van der Waals surface area contributed by atoms with Crippen molar-refractivity contribution in [1.82, 2.24) is 9.80 Å². The van der Waals surface area contributed by atoms with E-state index in [0.717, 1.165) is 52.2 Å². The molecule has 2 aliphatic heterocycles. The largest absolute Gasteiger partial charge is 0.453 e. The first kappa shape index (κ1) is 16.5. The lowest BCUT2D eigenvalue weighted by Gasteiger charge is -2.48. The van der Waals surface area contributed by atoms with Crippen molar-refractivity contribution >= 4 is 5.91 Å². The predicted octanol–water partition coefficient (Wildman–Crippen LogP) is 1.75. The molecule has 0 N–H and O–H groups in total. The summed E-state index contributed by atoms with van der Waals surface area (Å²) in [6.07, 6.45) is 1.98. The number of nitrogens with zero attached hydrogens (tertiary/aromatic N) is 2. The molecule has 23 heavy (non-hydrogen) atoms. The van der Waals surface area contributed by atoms with E-state index >= 15 is 0 Å². The molecule has 1 amide bonds. The molecule has 6 nitrogen and oxygen atoms in total. The van der Waals surface area contributed by atoms with E-state index in [0.29, 0.717) is 18.1 Å². The topological polar surface area (TPSA) is 55.2 Å². The Morgan fingerprint density at radius 2 is 1.91 bits per heavy atom. The summed E-state index contributed by atoms with van der Waals surface area (Å²) < 4.78 is 16.0. The molecular weight excluding hydrogens is 296 g/mol. The van der Waals surface area contributed by atoms with Crippen LogP contribution in [0.5, 0.6) is 0 Å². The normalized spacial score (nSPS) is 22.3. The molecule has 2 aliphatic rings. The zero-order chi connectivity index (χ0) is 16.3. The molecule has 0 atom stereocenters. The van der Waals surface area contributed by atoms with Crippen LogP contribution in [-0.2, 0) is 16.1 Å². The Labute approximate surface area is 137 Å². The monoisotopic (exact) mass is 322 g/mol. The summed E-state index contributed by atoms with van der Waals surface area (Å²) in [6.45, 7) is 7.85. The van der Waals surface area contributed by atoms with Gasteiger partial charge in [0.1, 0.15) is 12.4 Å². The molecule has 2 saturated heterocycles. The van der Waals surface area contributed by atoms with Gasteiger partial charge in [-0.2, -0.15) is 0 Å². The number of carbonyl (C=O) groups is 1. The second-order valence-corrected chi connectivity index (χ2v) is 6.59. The van der Waals surface area contributed by atoms with Gasteiger partial charge in [-0.15, -0.1) is 0 Å². The first-order chi connectivity index (χ1) is 11.1. The molecule has 1 aromatic rings. The van der Waals surface area contributed by atoms with Gasteiger partial charge in [-0.05, 0) is 31.9 Å². The molecule has 0 saturated carbocycles. The number of hydrogen-bond acceptors (Lipinski definition) is 5. The van der Waals surface area contributed by atoms with Gasteiger partial charge in [0.25, 0.3) is 5.91 Å². The highest BCUT2D eigenvalue weighted by Gasteiger charge is 2.37. The van der Waals surface area contributed by atoms with Crippen LogP contribution in [0.2, 0.25) is 0 Å². The van der Waals surface area contributed by atoms with Crippen LogP contribution < -0.4 is 0 Å². The number of likely N-dealkylation sites (tertiary alicyclic amines) is 1. The summed E-state index contributed by atoms with van der Waals surface area (Å²) in [5.74, 6) is 1.08. The van der Waals surface area contributed by atoms with E-state index < -0.39 is 0 Å². The van der Waals surface area contributed by atoms with Crippen molar-refractivity contribution in [2.24, 2.45) is 0 Å². The second kappa shape index (κ2) is 7.03. The minimum absolute atomic E-state index is 0.0172. The maximum absolute atomic E-state index is 12.6. The van der Waals surface area contributed by atoms with E-state index in [1.54, 1.807) is 19.2 Å². The molecule has 1 aromatic heterocycles. The molecule has 0 unspecified atom stereocenters. The molecule has 3 rings (SSSR count). The van der Waals surface area contributed by atoms with Gasteiger partial charge in [0.05, 0.1) is 13.2 Å². The van der Waals surface area contributed by atoms with Gasteiger partial charge < -0.3 is 18.8 Å². The van der Waals surface area contributed by atoms with Gasteiger partial charge in [0.2, 0.25) is 0 Å². The van der Waals surface area contributed by atoms with Crippen LogP contribution in [-0.4, -0.2) is 67.7 Å². The highest BCUT2D eigenvalue weighted by Crippen LogP contribution is 2.30. The molecule has 0 spiro atoms. The standard InChI is InChI=1S/C17H26N2O4/c1-17(19-9-11-22-12-10-19)5-7-18(8-6-17)16(20)15-4-3-14(23-15)13-21-2/h3-4H,5-13H2,1-2H3. The summed E-state index contributed by atoms with van der Waals surface area (Å²) in [7, 11) is 1.61. The van der Waals surface area contributed by atoms with Crippen molar-refractivity contribution < 1.29 is 18.7 Å². The molecule has 128 valence electrons. The number of piperidine rings is 1. The molecular formula is C17H26N2O4. The average molecular weight is 322 g/mol. The SMILES string of the molecule is COCc1ccc(C(=O)N2CCC(C)(N3CCOCC3)CC2)o1. The Hall–Kier alpha value is -1.37. The Morgan fingerprint density at radius 3 is 2.57 bits per heavy atom. The van der Waals surface area contributed by atoms with Crippen molar-refractivity contribution in [3.8, 4) is 0 Å². The second-order valence-electron chi connectivity index (χ2n) is 6.59. The van der Waals surface area contributed by atoms with Crippen LogP contribution in [0, 0.1) is 0 Å². The third kappa shape index (κ3) is 3.59. The maximum Gasteiger partial charge on any atom is 0.289 e. The smallest absolute Gasteiger partial charge is 0.289 e. The Bertz CT molecular complexity index is 528. The Balaban J connectivity index is 1.58. The highest BCUT2D eigenvalue weighted by atomic mass is 16.5. The van der Waals surface area contributed by atoms with E-state index in [9.17, 15) is 4.79 Å². The van der Waals surface area contributed by atoms with Crippen molar-refractivity contribution in [2.75, 3.05) is 46.5 Å². The lowest BCUT2D eigenvalue weighted by molar-refractivity contribution is -0.0374. The summed E-state index contributed by atoms with van der Waals surface area (Å²) in [5.41, 5.74) is 0.172. The van der Waals surface area contributed by atoms with Crippen molar-refractivity contribution in [2.45, 2.75) is 31.9 Å². The first-order valence-electron chi connectivity index (χ1n) is 8.32. The predicted molar refractivity (Wildman–Crippen MR) is 85.4 cm³/mol. The Kier molecular flexibility index (Phi) is 5.04. The van der Waals surface area contributed by atoms with Crippen LogP contribution in [0.3, 0.4) is 0 Å². The van der Waals surface area contributed by atoms with Crippen molar-refractivity contribution in [3.05, 3.63) is 23.7 Å². The van der Waals surface area contributed by atoms with Gasteiger partial charge in [-0.1, -0.05) is 0 Å². The number of morpholine rings is 1. The van der Waals surface area contributed by atoms with E-state index in [1.165, 1.54) is 0 Å². The van der Waals surface area contributed by atoms with E-state index in [1.807, 2.05) is 4.90 Å². The number of ether oxygens (including phenoxy) is 2. The number of amides is 1. The molecule has 0 bridgehead atoms. The fourth-order valence-corrected chi connectivity index (χ4v) is 3.48. The number of hydrogen-bond donors (Lipinski definition) is 0. The Morgan fingerprint density at radius 1 is 1.22 bits per heavy atom. The summed E-state index contributed by atoms with van der Waals surface area (Å²) in [4.78, 5) is 17.0. The average Bonchev–Trinajstić information content (AvgIpc) is 3.05. The summed E-state index contributed by atoms with van der Waals surface area (Å²) in [6, 6.07) is 3.55. The zero-order valence-corrected chi connectivity index (χ0v) is 14.0. The fraction of sp³-hybridized carbons (Fsp3) is 0.706. The van der Waals surface area contributed by atoms with Crippen LogP contribution in [0.15, 0.2) is 16.5 Å². The quantitative estimate of drug-likeness (QED) is 0.845.